The summed E-state index contributed by atoms with van der Waals surface area (Å²) in [6.45, 7) is 2.12. The SMILES string of the molecule is CCc1ccccc1C(O)CCc1cnn(C)c1. The molecule has 1 unspecified atom stereocenters. The van der Waals surface area contributed by atoms with Crippen LogP contribution in [0.3, 0.4) is 0 Å². The van der Waals surface area contributed by atoms with E-state index in [1.807, 2.05) is 37.6 Å². The minimum atomic E-state index is -0.388. The van der Waals surface area contributed by atoms with Crippen LogP contribution in [0, 0.1) is 0 Å². The topological polar surface area (TPSA) is 38.1 Å². The summed E-state index contributed by atoms with van der Waals surface area (Å²) in [5.41, 5.74) is 3.46. The van der Waals surface area contributed by atoms with Crippen molar-refractivity contribution in [3.05, 3.63) is 53.3 Å². The van der Waals surface area contributed by atoms with Crippen molar-refractivity contribution in [2.75, 3.05) is 0 Å². The first-order valence-electron chi connectivity index (χ1n) is 6.44. The van der Waals surface area contributed by atoms with Gasteiger partial charge in [-0.2, -0.15) is 5.10 Å². The molecule has 0 aliphatic carbocycles. The summed E-state index contributed by atoms with van der Waals surface area (Å²) in [5, 5.41) is 14.4. The predicted octanol–water partition coefficient (Wildman–Crippen LogP) is 2.65. The van der Waals surface area contributed by atoms with Gasteiger partial charge in [-0.15, -0.1) is 0 Å². The average molecular weight is 244 g/mol. The Morgan fingerprint density at radius 1 is 1.33 bits per heavy atom. The Morgan fingerprint density at radius 3 is 2.78 bits per heavy atom. The highest BCUT2D eigenvalue weighted by Gasteiger charge is 2.11. The molecule has 0 bridgehead atoms. The summed E-state index contributed by atoms with van der Waals surface area (Å²) >= 11 is 0. The minimum absolute atomic E-state index is 0.388. The third-order valence-corrected chi connectivity index (χ3v) is 3.26. The second-order valence-corrected chi connectivity index (χ2v) is 4.63. The molecule has 96 valence electrons. The van der Waals surface area contributed by atoms with Gasteiger partial charge in [-0.1, -0.05) is 31.2 Å². The van der Waals surface area contributed by atoms with Crippen LogP contribution in [0.25, 0.3) is 0 Å². The van der Waals surface area contributed by atoms with Crippen LogP contribution in [0.15, 0.2) is 36.7 Å². The van der Waals surface area contributed by atoms with Crippen LogP contribution in [0.4, 0.5) is 0 Å². The maximum absolute atomic E-state index is 10.3. The largest absolute Gasteiger partial charge is 0.388 e. The molecule has 1 aromatic heterocycles. The Bertz CT molecular complexity index is 505. The molecule has 18 heavy (non-hydrogen) atoms. The molecule has 0 fully saturated rings. The van der Waals surface area contributed by atoms with E-state index in [1.165, 1.54) is 11.1 Å². The zero-order valence-electron chi connectivity index (χ0n) is 11.0. The highest BCUT2D eigenvalue weighted by molar-refractivity contribution is 5.29. The second kappa shape index (κ2) is 5.83. The molecule has 0 saturated carbocycles. The number of aromatic nitrogens is 2. The third-order valence-electron chi connectivity index (χ3n) is 3.26. The first-order chi connectivity index (χ1) is 8.70. The van der Waals surface area contributed by atoms with Crippen LogP contribution in [0.2, 0.25) is 0 Å². The van der Waals surface area contributed by atoms with Gasteiger partial charge >= 0.3 is 0 Å². The van der Waals surface area contributed by atoms with Gasteiger partial charge in [-0.25, -0.2) is 0 Å². The van der Waals surface area contributed by atoms with E-state index in [-0.39, 0.29) is 6.10 Å². The van der Waals surface area contributed by atoms with E-state index in [2.05, 4.69) is 18.1 Å². The van der Waals surface area contributed by atoms with Gasteiger partial charge in [-0.05, 0) is 36.0 Å². The fourth-order valence-corrected chi connectivity index (χ4v) is 2.24. The maximum Gasteiger partial charge on any atom is 0.0795 e. The number of aryl methyl sites for hydroxylation is 3. The lowest BCUT2D eigenvalue weighted by molar-refractivity contribution is 0.167. The molecule has 2 rings (SSSR count). The number of aliphatic hydroxyl groups is 1. The molecule has 0 radical (unpaired) electrons. The van der Waals surface area contributed by atoms with E-state index in [4.69, 9.17) is 0 Å². The van der Waals surface area contributed by atoms with Crippen molar-refractivity contribution in [3.8, 4) is 0 Å². The molecule has 3 nitrogen and oxygen atoms in total. The predicted molar refractivity (Wildman–Crippen MR) is 72.3 cm³/mol. The zero-order chi connectivity index (χ0) is 13.0. The summed E-state index contributed by atoms with van der Waals surface area (Å²) in [7, 11) is 1.91. The van der Waals surface area contributed by atoms with E-state index in [0.717, 1.165) is 24.8 Å². The first kappa shape index (κ1) is 12.8. The Balaban J connectivity index is 2.01. The number of nitrogens with zero attached hydrogens (tertiary/aromatic N) is 2. The zero-order valence-corrected chi connectivity index (χ0v) is 11.0. The van der Waals surface area contributed by atoms with Crippen LogP contribution in [0.5, 0.6) is 0 Å². The molecule has 3 heteroatoms. The van der Waals surface area contributed by atoms with E-state index in [1.54, 1.807) is 4.68 Å². The number of benzene rings is 1. The molecule has 0 saturated heterocycles. The van der Waals surface area contributed by atoms with Gasteiger partial charge < -0.3 is 5.11 Å². The fraction of sp³-hybridized carbons (Fsp3) is 0.400. The molecule has 1 N–H and O–H groups in total. The molecule has 0 amide bonds. The molecular weight excluding hydrogens is 224 g/mol. The Kier molecular flexibility index (Phi) is 4.15. The van der Waals surface area contributed by atoms with Crippen molar-refractivity contribution >= 4 is 0 Å². The number of aliphatic hydroxyl groups excluding tert-OH is 1. The average Bonchev–Trinajstić information content (AvgIpc) is 2.81. The minimum Gasteiger partial charge on any atom is -0.388 e. The summed E-state index contributed by atoms with van der Waals surface area (Å²) in [4.78, 5) is 0. The molecule has 0 aliphatic heterocycles. The van der Waals surface area contributed by atoms with Crippen LogP contribution < -0.4 is 0 Å². The molecule has 1 atom stereocenters. The van der Waals surface area contributed by atoms with E-state index in [0.29, 0.717) is 0 Å². The van der Waals surface area contributed by atoms with Crippen LogP contribution in [0.1, 0.15) is 36.1 Å². The molecule has 0 aliphatic rings. The summed E-state index contributed by atoms with van der Waals surface area (Å²) in [6.07, 6.45) is 6.02. The van der Waals surface area contributed by atoms with Gasteiger partial charge in [0.05, 0.1) is 12.3 Å². The Labute approximate surface area is 108 Å². The quantitative estimate of drug-likeness (QED) is 0.878. The van der Waals surface area contributed by atoms with E-state index < -0.39 is 0 Å². The molecular formula is C15H20N2O. The lowest BCUT2D eigenvalue weighted by Gasteiger charge is -2.14. The molecule has 1 aromatic carbocycles. The summed E-state index contributed by atoms with van der Waals surface area (Å²) < 4.78 is 1.79. The normalized spacial score (nSPS) is 12.6. The van der Waals surface area contributed by atoms with Crippen LogP contribution >= 0.6 is 0 Å². The Hall–Kier alpha value is -1.61. The highest BCUT2D eigenvalue weighted by Crippen LogP contribution is 2.22. The Morgan fingerprint density at radius 2 is 2.11 bits per heavy atom. The smallest absolute Gasteiger partial charge is 0.0795 e. The number of rotatable bonds is 5. The highest BCUT2D eigenvalue weighted by atomic mass is 16.3. The second-order valence-electron chi connectivity index (χ2n) is 4.63. The summed E-state index contributed by atoms with van der Waals surface area (Å²) in [6, 6.07) is 8.12. The van der Waals surface area contributed by atoms with Gasteiger partial charge in [0.1, 0.15) is 0 Å². The van der Waals surface area contributed by atoms with E-state index in [9.17, 15) is 5.11 Å². The van der Waals surface area contributed by atoms with Crippen molar-refractivity contribution in [1.82, 2.24) is 9.78 Å². The number of hydrogen-bond donors (Lipinski definition) is 1. The standard InChI is InChI=1S/C15H20N2O/c1-3-13-6-4-5-7-14(13)15(18)9-8-12-10-16-17(2)11-12/h4-7,10-11,15,18H,3,8-9H2,1-2H3. The lowest BCUT2D eigenvalue weighted by Crippen LogP contribution is -2.03. The lowest BCUT2D eigenvalue weighted by atomic mass is 9.97. The summed E-state index contributed by atoms with van der Waals surface area (Å²) in [5.74, 6) is 0. The molecule has 0 spiro atoms. The van der Waals surface area contributed by atoms with Crippen molar-refractivity contribution in [1.29, 1.82) is 0 Å². The van der Waals surface area contributed by atoms with Crippen molar-refractivity contribution < 1.29 is 5.11 Å². The van der Waals surface area contributed by atoms with Crippen LogP contribution in [-0.2, 0) is 19.9 Å². The number of hydrogen-bond acceptors (Lipinski definition) is 2. The van der Waals surface area contributed by atoms with Gasteiger partial charge in [0.2, 0.25) is 0 Å². The molecule has 1 heterocycles. The first-order valence-corrected chi connectivity index (χ1v) is 6.44. The van der Waals surface area contributed by atoms with Gasteiger partial charge in [0.25, 0.3) is 0 Å². The maximum atomic E-state index is 10.3. The van der Waals surface area contributed by atoms with Crippen LogP contribution in [-0.4, -0.2) is 14.9 Å². The fourth-order valence-electron chi connectivity index (χ4n) is 2.24. The van der Waals surface area contributed by atoms with Gasteiger partial charge in [-0.3, -0.25) is 4.68 Å². The van der Waals surface area contributed by atoms with Gasteiger partial charge in [0, 0.05) is 13.2 Å². The monoisotopic (exact) mass is 244 g/mol. The van der Waals surface area contributed by atoms with Crippen molar-refractivity contribution in [2.24, 2.45) is 7.05 Å². The van der Waals surface area contributed by atoms with Gasteiger partial charge in [0.15, 0.2) is 0 Å². The van der Waals surface area contributed by atoms with Crippen molar-refractivity contribution in [2.45, 2.75) is 32.3 Å². The third kappa shape index (κ3) is 2.99. The molecule has 2 aromatic rings. The van der Waals surface area contributed by atoms with Crippen molar-refractivity contribution in [3.63, 3.8) is 0 Å². The van der Waals surface area contributed by atoms with E-state index >= 15 is 0 Å².